The molecule has 1 aliphatic heterocycles. The van der Waals surface area contributed by atoms with E-state index in [0.717, 1.165) is 37.6 Å². The Morgan fingerprint density at radius 3 is 2.54 bits per heavy atom. The molecule has 0 radical (unpaired) electrons. The minimum absolute atomic E-state index is 0.162. The molecule has 8 heteroatoms. The van der Waals surface area contributed by atoms with Gasteiger partial charge in [-0.1, -0.05) is 31.4 Å². The first-order valence-corrected chi connectivity index (χ1v) is 7.70. The van der Waals surface area contributed by atoms with Gasteiger partial charge in [0.15, 0.2) is 0 Å². The van der Waals surface area contributed by atoms with Gasteiger partial charge in [0.05, 0.1) is 11.8 Å². The van der Waals surface area contributed by atoms with Crippen LogP contribution in [0.4, 0.5) is 18.0 Å². The number of nitrogens with zero attached hydrogens (tertiary/aromatic N) is 2. The van der Waals surface area contributed by atoms with Crippen LogP contribution >= 0.6 is 0 Å². The first kappa shape index (κ1) is 16.5. The van der Waals surface area contributed by atoms with E-state index in [2.05, 4.69) is 10.4 Å². The number of carbonyl (C=O) groups excluding carboxylic acids is 2. The molecule has 0 atom stereocenters. The molecule has 2 fully saturated rings. The van der Waals surface area contributed by atoms with Crippen molar-refractivity contribution in [3.8, 4) is 0 Å². The van der Waals surface area contributed by atoms with E-state index in [9.17, 15) is 22.8 Å². The minimum atomic E-state index is -4.46. The minimum Gasteiger partial charge on any atom is -0.321 e. The van der Waals surface area contributed by atoms with Crippen LogP contribution in [0.25, 0.3) is 0 Å². The highest BCUT2D eigenvalue weighted by Gasteiger charge is 2.51. The maximum Gasteiger partial charge on any atom is 0.416 e. The van der Waals surface area contributed by atoms with Gasteiger partial charge >= 0.3 is 12.2 Å². The lowest BCUT2D eigenvalue weighted by atomic mass is 9.82. The second-order valence-corrected chi connectivity index (χ2v) is 6.06. The highest BCUT2D eigenvalue weighted by molar-refractivity contribution is 6.07. The molecule has 1 heterocycles. The number of nitrogens with one attached hydrogen (secondary N) is 1. The summed E-state index contributed by atoms with van der Waals surface area (Å²) >= 11 is 0. The fourth-order valence-corrected chi connectivity index (χ4v) is 3.12. The standard InChI is InChI=1S/C16H16F3N3O2/c17-16(18,19)12-6-4-5-11(9-12)10-20-22-13(23)15(21-14(22)24)7-2-1-3-8-15/h4-6,9-10H,1-3,7-8H2,(H,21,24). The van der Waals surface area contributed by atoms with Crippen LogP contribution in [0.15, 0.2) is 29.4 Å². The molecule has 1 N–H and O–H groups in total. The number of benzene rings is 1. The van der Waals surface area contributed by atoms with Gasteiger partial charge in [0.25, 0.3) is 5.91 Å². The van der Waals surface area contributed by atoms with Gasteiger partial charge < -0.3 is 5.32 Å². The summed E-state index contributed by atoms with van der Waals surface area (Å²) in [6, 6.07) is 3.90. The number of urea groups is 1. The second-order valence-electron chi connectivity index (χ2n) is 6.06. The monoisotopic (exact) mass is 339 g/mol. The van der Waals surface area contributed by atoms with Crippen LogP contribution in [-0.4, -0.2) is 28.7 Å². The van der Waals surface area contributed by atoms with Gasteiger partial charge in [-0.05, 0) is 30.5 Å². The van der Waals surface area contributed by atoms with Gasteiger partial charge in [-0.25, -0.2) is 4.79 Å². The molecule has 2 aliphatic rings. The van der Waals surface area contributed by atoms with Crippen LogP contribution in [0.1, 0.15) is 43.2 Å². The van der Waals surface area contributed by atoms with E-state index < -0.39 is 29.2 Å². The number of amides is 3. The number of hydrazone groups is 1. The summed E-state index contributed by atoms with van der Waals surface area (Å²) in [7, 11) is 0. The first-order chi connectivity index (χ1) is 11.3. The third kappa shape index (κ3) is 3.00. The molecule has 0 bridgehead atoms. The molecule has 128 valence electrons. The molecular weight excluding hydrogens is 323 g/mol. The van der Waals surface area contributed by atoms with Crippen molar-refractivity contribution in [3.05, 3.63) is 35.4 Å². The largest absolute Gasteiger partial charge is 0.416 e. The molecule has 0 aromatic heterocycles. The van der Waals surface area contributed by atoms with E-state index in [-0.39, 0.29) is 5.56 Å². The van der Waals surface area contributed by atoms with Crippen LogP contribution in [0, 0.1) is 0 Å². The van der Waals surface area contributed by atoms with Crippen molar-refractivity contribution in [1.82, 2.24) is 10.3 Å². The lowest BCUT2D eigenvalue weighted by Gasteiger charge is -2.29. The summed E-state index contributed by atoms with van der Waals surface area (Å²) in [4.78, 5) is 24.5. The zero-order chi connectivity index (χ0) is 17.4. The topological polar surface area (TPSA) is 61.8 Å². The zero-order valence-electron chi connectivity index (χ0n) is 12.8. The average molecular weight is 339 g/mol. The number of imide groups is 1. The summed E-state index contributed by atoms with van der Waals surface area (Å²) in [6.07, 6.45) is 0.457. The predicted molar refractivity (Wildman–Crippen MR) is 80.2 cm³/mol. The Hall–Kier alpha value is -2.38. The Morgan fingerprint density at radius 1 is 1.17 bits per heavy atom. The molecule has 1 aliphatic carbocycles. The highest BCUT2D eigenvalue weighted by atomic mass is 19.4. The van der Waals surface area contributed by atoms with E-state index in [1.165, 1.54) is 12.1 Å². The molecule has 3 amide bonds. The number of alkyl halides is 3. The third-order valence-corrected chi connectivity index (χ3v) is 4.38. The summed E-state index contributed by atoms with van der Waals surface area (Å²) in [5, 5.41) is 7.21. The third-order valence-electron chi connectivity index (χ3n) is 4.38. The molecule has 3 rings (SSSR count). The van der Waals surface area contributed by atoms with Gasteiger partial charge in [-0.15, -0.1) is 5.01 Å². The van der Waals surface area contributed by atoms with Gasteiger partial charge in [0.2, 0.25) is 0 Å². The predicted octanol–water partition coefficient (Wildman–Crippen LogP) is 3.29. The molecule has 1 saturated carbocycles. The summed E-state index contributed by atoms with van der Waals surface area (Å²) in [5.41, 5.74) is -1.55. The number of halogens is 3. The van der Waals surface area contributed by atoms with Gasteiger partial charge in [-0.2, -0.15) is 18.3 Å². The fraction of sp³-hybridized carbons (Fsp3) is 0.438. The van der Waals surface area contributed by atoms with E-state index in [1.807, 2.05) is 0 Å². The Labute approximate surface area is 136 Å². The molecule has 24 heavy (non-hydrogen) atoms. The van der Waals surface area contributed by atoms with Crippen LogP contribution in [0.5, 0.6) is 0 Å². The van der Waals surface area contributed by atoms with Gasteiger partial charge in [0, 0.05) is 0 Å². The maximum absolute atomic E-state index is 12.7. The number of rotatable bonds is 2. The van der Waals surface area contributed by atoms with Gasteiger partial charge in [0.1, 0.15) is 5.54 Å². The van der Waals surface area contributed by atoms with E-state index in [1.54, 1.807) is 0 Å². The molecular formula is C16H16F3N3O2. The number of hydrogen-bond acceptors (Lipinski definition) is 3. The van der Waals surface area contributed by atoms with Crippen molar-refractivity contribution < 1.29 is 22.8 Å². The van der Waals surface area contributed by atoms with Crippen LogP contribution in [0.2, 0.25) is 0 Å². The molecule has 1 aromatic rings. The molecule has 1 saturated heterocycles. The highest BCUT2D eigenvalue weighted by Crippen LogP contribution is 2.34. The molecule has 1 aromatic carbocycles. The molecule has 0 unspecified atom stereocenters. The lowest BCUT2D eigenvalue weighted by Crippen LogP contribution is -2.48. The Bertz CT molecular complexity index is 694. The maximum atomic E-state index is 12.7. The Morgan fingerprint density at radius 2 is 1.88 bits per heavy atom. The number of hydrogen-bond donors (Lipinski definition) is 1. The quantitative estimate of drug-likeness (QED) is 0.664. The van der Waals surface area contributed by atoms with Gasteiger partial charge in [-0.3, -0.25) is 4.79 Å². The van der Waals surface area contributed by atoms with Crippen LogP contribution < -0.4 is 5.32 Å². The fourth-order valence-electron chi connectivity index (χ4n) is 3.12. The van der Waals surface area contributed by atoms with E-state index in [4.69, 9.17) is 0 Å². The smallest absolute Gasteiger partial charge is 0.321 e. The van der Waals surface area contributed by atoms with Crippen LogP contribution in [-0.2, 0) is 11.0 Å². The normalized spacial score (nSPS) is 20.9. The van der Waals surface area contributed by atoms with E-state index >= 15 is 0 Å². The van der Waals surface area contributed by atoms with Crippen molar-refractivity contribution in [2.45, 2.75) is 43.8 Å². The summed E-state index contributed by atoms with van der Waals surface area (Å²) in [5.74, 6) is -0.435. The SMILES string of the molecule is O=C1NC2(CCCCC2)C(=O)N1N=Cc1cccc(C(F)(F)F)c1. The Balaban J connectivity index is 1.79. The average Bonchev–Trinajstić information content (AvgIpc) is 2.76. The van der Waals surface area contributed by atoms with Crippen molar-refractivity contribution in [3.63, 3.8) is 0 Å². The second kappa shape index (κ2) is 5.92. The van der Waals surface area contributed by atoms with Crippen molar-refractivity contribution in [1.29, 1.82) is 0 Å². The molecule has 5 nitrogen and oxygen atoms in total. The lowest BCUT2D eigenvalue weighted by molar-refractivity contribution is -0.137. The molecule has 1 spiro atoms. The van der Waals surface area contributed by atoms with Crippen LogP contribution in [0.3, 0.4) is 0 Å². The van der Waals surface area contributed by atoms with Crippen molar-refractivity contribution in [2.24, 2.45) is 5.10 Å². The summed E-state index contributed by atoms with van der Waals surface area (Å²) in [6.45, 7) is 0. The Kier molecular flexibility index (Phi) is 4.06. The van der Waals surface area contributed by atoms with Crippen molar-refractivity contribution >= 4 is 18.2 Å². The van der Waals surface area contributed by atoms with Crippen molar-refractivity contribution in [2.75, 3.05) is 0 Å². The number of carbonyl (C=O) groups is 2. The van der Waals surface area contributed by atoms with E-state index in [0.29, 0.717) is 17.9 Å². The zero-order valence-corrected chi connectivity index (χ0v) is 12.8. The first-order valence-electron chi connectivity index (χ1n) is 7.70. The summed E-state index contributed by atoms with van der Waals surface area (Å²) < 4.78 is 38.1.